The Hall–Kier alpha value is -1.71. The molecule has 0 aliphatic rings. The highest BCUT2D eigenvalue weighted by atomic mass is 16.5. The molecule has 0 fully saturated rings. The zero-order valence-corrected chi connectivity index (χ0v) is 44.4. The lowest BCUT2D eigenvalue weighted by molar-refractivity contribution is -0.144. The predicted octanol–water partition coefficient (Wildman–Crippen LogP) is 15.3. The minimum Gasteiger partial charge on any atom is -0.466 e. The van der Waals surface area contributed by atoms with Crippen LogP contribution < -0.4 is 0 Å². The molecule has 66 heavy (non-hydrogen) atoms. The van der Waals surface area contributed by atoms with E-state index in [4.69, 9.17) is 14.2 Å². The maximum atomic E-state index is 12.4. The van der Waals surface area contributed by atoms with Gasteiger partial charge in [0, 0.05) is 32.4 Å². The lowest BCUT2D eigenvalue weighted by Gasteiger charge is -2.26. The van der Waals surface area contributed by atoms with Gasteiger partial charge in [-0.15, -0.1) is 0 Å². The van der Waals surface area contributed by atoms with Crippen molar-refractivity contribution in [3.05, 3.63) is 0 Å². The Labute approximate surface area is 409 Å². The molecule has 0 atom stereocenters. The van der Waals surface area contributed by atoms with Crippen LogP contribution in [0.25, 0.3) is 0 Å². The Morgan fingerprint density at radius 1 is 0.288 bits per heavy atom. The molecule has 392 valence electrons. The Balaban J connectivity index is 4.56. The Bertz CT molecular complexity index is 967. The Kier molecular flexibility index (Phi) is 52.8. The summed E-state index contributed by atoms with van der Waals surface area (Å²) in [4.78, 5) is 42.2. The van der Waals surface area contributed by atoms with Crippen LogP contribution in [0.1, 0.15) is 284 Å². The van der Waals surface area contributed by atoms with E-state index < -0.39 is 0 Å². The van der Waals surface area contributed by atoms with Crippen LogP contribution in [0.2, 0.25) is 0 Å². The zero-order valence-electron chi connectivity index (χ0n) is 44.4. The van der Waals surface area contributed by atoms with Crippen molar-refractivity contribution in [3.8, 4) is 0 Å². The first-order valence-electron chi connectivity index (χ1n) is 29.0. The molecule has 0 saturated carbocycles. The highest BCUT2D eigenvalue weighted by Gasteiger charge is 2.11. The summed E-state index contributed by atoms with van der Waals surface area (Å²) in [5.41, 5.74) is 0. The second-order valence-corrected chi connectivity index (χ2v) is 19.7. The maximum absolute atomic E-state index is 12.4. The molecule has 0 heterocycles. The van der Waals surface area contributed by atoms with Crippen LogP contribution in [-0.2, 0) is 28.6 Å². The molecular weight excluding hydrogens is 825 g/mol. The fourth-order valence-electron chi connectivity index (χ4n) is 8.84. The lowest BCUT2D eigenvalue weighted by Crippen LogP contribution is -2.33. The van der Waals surface area contributed by atoms with Crippen molar-refractivity contribution in [2.75, 3.05) is 65.7 Å². The van der Waals surface area contributed by atoms with Gasteiger partial charge in [0.2, 0.25) is 0 Å². The van der Waals surface area contributed by atoms with Gasteiger partial charge in [0.15, 0.2) is 0 Å². The molecule has 0 aliphatic heterocycles. The van der Waals surface area contributed by atoms with Crippen molar-refractivity contribution in [2.45, 2.75) is 284 Å². The van der Waals surface area contributed by atoms with Crippen LogP contribution in [-0.4, -0.2) is 98.5 Å². The number of esters is 3. The molecule has 0 unspecified atom stereocenters. The Morgan fingerprint density at radius 3 is 0.788 bits per heavy atom. The van der Waals surface area contributed by atoms with E-state index in [0.29, 0.717) is 39.1 Å². The second kappa shape index (κ2) is 54.2. The van der Waals surface area contributed by atoms with E-state index in [9.17, 15) is 19.5 Å². The van der Waals surface area contributed by atoms with E-state index in [-0.39, 0.29) is 24.5 Å². The number of hydrogen-bond acceptors (Lipinski definition) is 9. The first kappa shape index (κ1) is 64.3. The van der Waals surface area contributed by atoms with Gasteiger partial charge in [-0.05, 0) is 103 Å². The van der Waals surface area contributed by atoms with Crippen molar-refractivity contribution >= 4 is 17.9 Å². The van der Waals surface area contributed by atoms with Gasteiger partial charge in [0.1, 0.15) is 0 Å². The van der Waals surface area contributed by atoms with E-state index >= 15 is 0 Å². The van der Waals surface area contributed by atoms with Crippen LogP contribution in [0.4, 0.5) is 0 Å². The third-order valence-corrected chi connectivity index (χ3v) is 13.2. The number of unbranched alkanes of at least 4 members (excludes halogenated alkanes) is 30. The first-order chi connectivity index (χ1) is 32.5. The zero-order chi connectivity index (χ0) is 48.1. The number of carbonyl (C=O) groups is 3. The summed E-state index contributed by atoms with van der Waals surface area (Å²) in [7, 11) is 0. The molecule has 0 bridgehead atoms. The number of aliphatic hydroxyl groups excluding tert-OH is 1. The molecule has 9 nitrogen and oxygen atoms in total. The van der Waals surface area contributed by atoms with Crippen molar-refractivity contribution in [1.29, 1.82) is 0 Å². The fourth-order valence-corrected chi connectivity index (χ4v) is 8.84. The lowest BCUT2D eigenvalue weighted by atomic mass is 10.1. The van der Waals surface area contributed by atoms with E-state index in [1.165, 1.54) is 135 Å². The minimum absolute atomic E-state index is 0.0506. The molecule has 0 aromatic rings. The van der Waals surface area contributed by atoms with Gasteiger partial charge < -0.3 is 29.1 Å². The third kappa shape index (κ3) is 50.2. The van der Waals surface area contributed by atoms with Gasteiger partial charge in [-0.2, -0.15) is 0 Å². The average Bonchev–Trinajstić information content (AvgIpc) is 3.31. The number of carbonyl (C=O) groups excluding carboxylic acids is 3. The predicted molar refractivity (Wildman–Crippen MR) is 279 cm³/mol. The molecule has 9 heteroatoms. The van der Waals surface area contributed by atoms with Crippen LogP contribution in [0.15, 0.2) is 0 Å². The van der Waals surface area contributed by atoms with Crippen molar-refractivity contribution in [2.24, 2.45) is 0 Å². The summed E-state index contributed by atoms with van der Waals surface area (Å²) in [6, 6.07) is 0. The number of ether oxygens (including phenoxy) is 3. The SMILES string of the molecule is CCCCCCCCCCCOC(=O)CCCCCN(CCCO)CCCN(CCCCCC(=O)OCCCCCCCCCCC)CCCCCC(=O)OCCCCCCCCCCC. The standard InChI is InChI=1S/C57H112N2O7/c1-4-7-10-13-16-19-22-25-37-52-64-55(61)42-31-28-34-45-58(46-35-29-32-43-56(62)65-53-38-26-23-20-17-14-11-8-5-2)48-40-49-59(50-41-51-60)47-36-30-33-44-57(63)66-54-39-27-24-21-18-15-12-9-6-3/h60H,4-54H2,1-3H3. The Morgan fingerprint density at radius 2 is 0.515 bits per heavy atom. The van der Waals surface area contributed by atoms with E-state index in [2.05, 4.69) is 30.6 Å². The van der Waals surface area contributed by atoms with E-state index in [1.54, 1.807) is 0 Å². The van der Waals surface area contributed by atoms with Crippen LogP contribution >= 0.6 is 0 Å². The van der Waals surface area contributed by atoms with Gasteiger partial charge >= 0.3 is 17.9 Å². The van der Waals surface area contributed by atoms with E-state index in [0.717, 1.165) is 148 Å². The molecule has 0 amide bonds. The monoisotopic (exact) mass is 937 g/mol. The van der Waals surface area contributed by atoms with Crippen LogP contribution in [0.5, 0.6) is 0 Å². The smallest absolute Gasteiger partial charge is 0.305 e. The molecule has 1 N–H and O–H groups in total. The highest BCUT2D eigenvalue weighted by molar-refractivity contribution is 5.69. The molecule has 0 aromatic heterocycles. The number of rotatable bonds is 55. The summed E-state index contributed by atoms with van der Waals surface area (Å²) in [6.45, 7) is 14.6. The minimum atomic E-state index is -0.0552. The molecule has 0 aliphatic carbocycles. The molecule has 0 saturated heterocycles. The van der Waals surface area contributed by atoms with E-state index in [1.807, 2.05) is 0 Å². The maximum Gasteiger partial charge on any atom is 0.305 e. The largest absolute Gasteiger partial charge is 0.466 e. The number of aliphatic hydroxyl groups is 1. The van der Waals surface area contributed by atoms with Crippen LogP contribution in [0, 0.1) is 0 Å². The van der Waals surface area contributed by atoms with Gasteiger partial charge in [-0.25, -0.2) is 0 Å². The van der Waals surface area contributed by atoms with Gasteiger partial charge in [0.25, 0.3) is 0 Å². The summed E-state index contributed by atoms with van der Waals surface area (Å²) < 4.78 is 16.6. The summed E-state index contributed by atoms with van der Waals surface area (Å²) in [5, 5.41) is 9.60. The van der Waals surface area contributed by atoms with Crippen LogP contribution in [0.3, 0.4) is 0 Å². The summed E-state index contributed by atoms with van der Waals surface area (Å²) in [5.74, 6) is -0.156. The molecule has 0 rings (SSSR count). The van der Waals surface area contributed by atoms with Gasteiger partial charge in [-0.1, -0.05) is 194 Å². The summed E-state index contributed by atoms with van der Waals surface area (Å²) in [6.07, 6.45) is 46.2. The molecule has 0 spiro atoms. The quantitative estimate of drug-likeness (QED) is 0.0362. The third-order valence-electron chi connectivity index (χ3n) is 13.2. The summed E-state index contributed by atoms with van der Waals surface area (Å²) >= 11 is 0. The molecular formula is C57H112N2O7. The van der Waals surface area contributed by atoms with Crippen molar-refractivity contribution in [3.63, 3.8) is 0 Å². The first-order valence-corrected chi connectivity index (χ1v) is 29.0. The number of nitrogens with zero attached hydrogens (tertiary/aromatic N) is 2. The fraction of sp³-hybridized carbons (Fsp3) is 0.947. The topological polar surface area (TPSA) is 106 Å². The van der Waals surface area contributed by atoms with Crippen molar-refractivity contribution < 1.29 is 33.7 Å². The molecule has 0 aromatic carbocycles. The van der Waals surface area contributed by atoms with Crippen molar-refractivity contribution in [1.82, 2.24) is 9.80 Å². The average molecular weight is 938 g/mol. The normalized spacial score (nSPS) is 11.5. The number of hydrogen-bond donors (Lipinski definition) is 1. The molecule has 0 radical (unpaired) electrons. The second-order valence-electron chi connectivity index (χ2n) is 19.7. The highest BCUT2D eigenvalue weighted by Crippen LogP contribution is 2.14. The van der Waals surface area contributed by atoms with Gasteiger partial charge in [0.05, 0.1) is 19.8 Å². The van der Waals surface area contributed by atoms with Gasteiger partial charge in [-0.3, -0.25) is 14.4 Å².